The largest absolute Gasteiger partial charge is 0.337 e. The topological polar surface area (TPSA) is 36.4 Å². The average Bonchev–Trinajstić information content (AvgIpc) is 2.54. The SMILES string of the molecule is Cc1ccc(C(=O)N2CCCN(C)CC2)cn1. The minimum absolute atomic E-state index is 0.104. The quantitative estimate of drug-likeness (QED) is 0.730. The number of carbonyl (C=O) groups is 1. The molecule has 0 saturated carbocycles. The van der Waals surface area contributed by atoms with Crippen LogP contribution in [0, 0.1) is 6.92 Å². The van der Waals surface area contributed by atoms with E-state index in [1.54, 1.807) is 6.20 Å². The van der Waals surface area contributed by atoms with E-state index in [1.807, 2.05) is 24.0 Å². The van der Waals surface area contributed by atoms with Gasteiger partial charge in [0, 0.05) is 31.5 Å². The molecule has 0 N–H and O–H groups in total. The summed E-state index contributed by atoms with van der Waals surface area (Å²) in [5.41, 5.74) is 1.64. The van der Waals surface area contributed by atoms with E-state index in [9.17, 15) is 4.79 Å². The number of aryl methyl sites for hydroxylation is 1. The lowest BCUT2D eigenvalue weighted by Gasteiger charge is -2.20. The smallest absolute Gasteiger partial charge is 0.255 e. The Labute approximate surface area is 102 Å². The molecule has 0 unspecified atom stereocenters. The average molecular weight is 233 g/mol. The third kappa shape index (κ3) is 3.03. The van der Waals surface area contributed by atoms with Crippen LogP contribution in [0.15, 0.2) is 18.3 Å². The van der Waals surface area contributed by atoms with Gasteiger partial charge in [0.1, 0.15) is 0 Å². The van der Waals surface area contributed by atoms with Crippen LogP contribution in [0.4, 0.5) is 0 Å². The van der Waals surface area contributed by atoms with Crippen LogP contribution in [-0.2, 0) is 0 Å². The molecule has 1 amide bonds. The molecule has 17 heavy (non-hydrogen) atoms. The Morgan fingerprint density at radius 1 is 1.24 bits per heavy atom. The first-order chi connectivity index (χ1) is 8.16. The van der Waals surface area contributed by atoms with Gasteiger partial charge >= 0.3 is 0 Å². The van der Waals surface area contributed by atoms with Gasteiger partial charge in [-0.05, 0) is 39.1 Å². The molecule has 1 fully saturated rings. The summed E-state index contributed by atoms with van der Waals surface area (Å²) >= 11 is 0. The molecule has 92 valence electrons. The molecule has 1 aromatic rings. The van der Waals surface area contributed by atoms with Gasteiger partial charge in [-0.2, -0.15) is 0 Å². The molecule has 2 heterocycles. The molecule has 0 aliphatic carbocycles. The summed E-state index contributed by atoms with van der Waals surface area (Å²) in [6, 6.07) is 3.75. The summed E-state index contributed by atoms with van der Waals surface area (Å²) < 4.78 is 0. The molecule has 4 nitrogen and oxygen atoms in total. The van der Waals surface area contributed by atoms with Crippen LogP contribution in [-0.4, -0.2) is 53.9 Å². The number of carbonyl (C=O) groups excluding carboxylic acids is 1. The minimum Gasteiger partial charge on any atom is -0.337 e. The van der Waals surface area contributed by atoms with E-state index in [4.69, 9.17) is 0 Å². The van der Waals surface area contributed by atoms with Gasteiger partial charge in [0.2, 0.25) is 0 Å². The van der Waals surface area contributed by atoms with Crippen LogP contribution in [0.5, 0.6) is 0 Å². The first-order valence-corrected chi connectivity index (χ1v) is 6.07. The fourth-order valence-electron chi connectivity index (χ4n) is 2.03. The zero-order valence-corrected chi connectivity index (χ0v) is 10.5. The number of rotatable bonds is 1. The summed E-state index contributed by atoms with van der Waals surface area (Å²) in [6.07, 6.45) is 2.72. The van der Waals surface area contributed by atoms with E-state index in [1.165, 1.54) is 0 Å². The van der Waals surface area contributed by atoms with Gasteiger partial charge in [-0.3, -0.25) is 9.78 Å². The van der Waals surface area contributed by atoms with Crippen molar-refractivity contribution in [3.63, 3.8) is 0 Å². The molecule has 1 aromatic heterocycles. The highest BCUT2D eigenvalue weighted by atomic mass is 16.2. The predicted octanol–water partition coefficient (Wildman–Crippen LogP) is 1.17. The second-order valence-corrected chi connectivity index (χ2v) is 4.64. The molecule has 0 aromatic carbocycles. The third-order valence-electron chi connectivity index (χ3n) is 3.17. The molecule has 2 rings (SSSR count). The Bertz CT molecular complexity index is 388. The van der Waals surface area contributed by atoms with E-state index in [0.717, 1.165) is 38.3 Å². The van der Waals surface area contributed by atoms with Gasteiger partial charge < -0.3 is 9.80 Å². The zero-order chi connectivity index (χ0) is 12.3. The molecule has 0 atom stereocenters. The van der Waals surface area contributed by atoms with Crippen LogP contribution in [0.3, 0.4) is 0 Å². The van der Waals surface area contributed by atoms with Gasteiger partial charge in [0.05, 0.1) is 5.56 Å². The van der Waals surface area contributed by atoms with E-state index >= 15 is 0 Å². The highest BCUT2D eigenvalue weighted by Gasteiger charge is 2.18. The lowest BCUT2D eigenvalue weighted by molar-refractivity contribution is 0.0762. The number of pyridine rings is 1. The fourth-order valence-corrected chi connectivity index (χ4v) is 2.03. The Morgan fingerprint density at radius 2 is 2.06 bits per heavy atom. The Kier molecular flexibility index (Phi) is 3.74. The first-order valence-electron chi connectivity index (χ1n) is 6.07. The molecule has 0 radical (unpaired) electrons. The van der Waals surface area contributed by atoms with Crippen molar-refractivity contribution >= 4 is 5.91 Å². The Balaban J connectivity index is 2.06. The highest BCUT2D eigenvalue weighted by Crippen LogP contribution is 2.08. The van der Waals surface area contributed by atoms with Crippen LogP contribution in [0.1, 0.15) is 22.5 Å². The molecule has 1 saturated heterocycles. The van der Waals surface area contributed by atoms with E-state index < -0.39 is 0 Å². The van der Waals surface area contributed by atoms with Gasteiger partial charge in [-0.25, -0.2) is 0 Å². The first kappa shape index (κ1) is 12.0. The lowest BCUT2D eigenvalue weighted by Crippen LogP contribution is -2.34. The molecule has 4 heteroatoms. The number of amides is 1. The monoisotopic (exact) mass is 233 g/mol. The van der Waals surface area contributed by atoms with Crippen molar-refractivity contribution in [2.45, 2.75) is 13.3 Å². The van der Waals surface area contributed by atoms with Crippen molar-refractivity contribution in [3.05, 3.63) is 29.6 Å². The maximum absolute atomic E-state index is 12.2. The molecular formula is C13H19N3O. The van der Waals surface area contributed by atoms with Gasteiger partial charge in [0.15, 0.2) is 0 Å². The number of hydrogen-bond donors (Lipinski definition) is 0. The number of nitrogens with zero attached hydrogens (tertiary/aromatic N) is 3. The van der Waals surface area contributed by atoms with Gasteiger partial charge in [-0.15, -0.1) is 0 Å². The number of likely N-dealkylation sites (N-methyl/N-ethyl adjacent to an activating group) is 1. The summed E-state index contributed by atoms with van der Waals surface area (Å²) in [5, 5.41) is 0. The summed E-state index contributed by atoms with van der Waals surface area (Å²) in [7, 11) is 2.10. The van der Waals surface area contributed by atoms with E-state index in [-0.39, 0.29) is 5.91 Å². The summed E-state index contributed by atoms with van der Waals surface area (Å²) in [6.45, 7) is 5.59. The highest BCUT2D eigenvalue weighted by molar-refractivity contribution is 5.93. The van der Waals surface area contributed by atoms with Crippen molar-refractivity contribution in [1.82, 2.24) is 14.8 Å². The minimum atomic E-state index is 0.104. The van der Waals surface area contributed by atoms with Crippen molar-refractivity contribution in [1.29, 1.82) is 0 Å². The molecular weight excluding hydrogens is 214 g/mol. The Hall–Kier alpha value is -1.42. The second-order valence-electron chi connectivity index (χ2n) is 4.64. The fraction of sp³-hybridized carbons (Fsp3) is 0.538. The summed E-state index contributed by atoms with van der Waals surface area (Å²) in [4.78, 5) is 20.6. The summed E-state index contributed by atoms with van der Waals surface area (Å²) in [5.74, 6) is 0.104. The number of hydrogen-bond acceptors (Lipinski definition) is 3. The normalized spacial score (nSPS) is 17.9. The Morgan fingerprint density at radius 3 is 2.76 bits per heavy atom. The predicted molar refractivity (Wildman–Crippen MR) is 67.0 cm³/mol. The molecule has 0 bridgehead atoms. The van der Waals surface area contributed by atoms with Crippen molar-refractivity contribution < 1.29 is 4.79 Å². The molecule has 0 spiro atoms. The lowest BCUT2D eigenvalue weighted by atomic mass is 10.2. The van der Waals surface area contributed by atoms with E-state index in [0.29, 0.717) is 5.56 Å². The standard InChI is InChI=1S/C13H19N3O/c1-11-4-5-12(10-14-11)13(17)16-7-3-6-15(2)8-9-16/h4-5,10H,3,6-9H2,1-2H3. The molecule has 1 aliphatic rings. The second kappa shape index (κ2) is 5.27. The van der Waals surface area contributed by atoms with Gasteiger partial charge in [0.25, 0.3) is 5.91 Å². The maximum atomic E-state index is 12.2. The van der Waals surface area contributed by atoms with Crippen LogP contribution >= 0.6 is 0 Å². The van der Waals surface area contributed by atoms with Crippen molar-refractivity contribution in [3.8, 4) is 0 Å². The van der Waals surface area contributed by atoms with Crippen LogP contribution in [0.25, 0.3) is 0 Å². The number of aromatic nitrogens is 1. The molecule has 1 aliphatic heterocycles. The zero-order valence-electron chi connectivity index (χ0n) is 10.5. The van der Waals surface area contributed by atoms with Crippen molar-refractivity contribution in [2.75, 3.05) is 33.2 Å². The van der Waals surface area contributed by atoms with Crippen LogP contribution in [0.2, 0.25) is 0 Å². The van der Waals surface area contributed by atoms with E-state index in [2.05, 4.69) is 16.9 Å². The van der Waals surface area contributed by atoms with Gasteiger partial charge in [-0.1, -0.05) is 0 Å². The third-order valence-corrected chi connectivity index (χ3v) is 3.17. The van der Waals surface area contributed by atoms with Crippen LogP contribution < -0.4 is 0 Å². The maximum Gasteiger partial charge on any atom is 0.255 e. The van der Waals surface area contributed by atoms with Crippen molar-refractivity contribution in [2.24, 2.45) is 0 Å².